The average Bonchev–Trinajstić information content (AvgIpc) is 2.48. The van der Waals surface area contributed by atoms with Gasteiger partial charge in [-0.05, 0) is 23.6 Å². The van der Waals surface area contributed by atoms with Crippen LogP contribution in [0.4, 0.5) is 0 Å². The summed E-state index contributed by atoms with van der Waals surface area (Å²) >= 11 is 0. The highest BCUT2D eigenvalue weighted by Gasteiger charge is 2.13. The lowest BCUT2D eigenvalue weighted by atomic mass is 10.0. The predicted octanol–water partition coefficient (Wildman–Crippen LogP) is 2.35. The van der Waals surface area contributed by atoms with Crippen LogP contribution in [0.3, 0.4) is 0 Å². The van der Waals surface area contributed by atoms with Gasteiger partial charge in [0.25, 0.3) is 0 Å². The molecule has 2 aromatic carbocycles. The Morgan fingerprint density at radius 3 is 2.40 bits per heavy atom. The van der Waals surface area contributed by atoms with Crippen molar-refractivity contribution in [3.63, 3.8) is 0 Å². The van der Waals surface area contributed by atoms with Gasteiger partial charge in [0.2, 0.25) is 5.91 Å². The molecule has 0 fully saturated rings. The molecular formula is C17H20N2O. The average molecular weight is 268 g/mol. The predicted molar refractivity (Wildman–Crippen MR) is 81.3 cm³/mol. The van der Waals surface area contributed by atoms with Gasteiger partial charge < -0.3 is 11.1 Å². The summed E-state index contributed by atoms with van der Waals surface area (Å²) in [6.07, 6.45) is 0.385. The van der Waals surface area contributed by atoms with Crippen molar-refractivity contribution in [2.45, 2.75) is 19.4 Å². The van der Waals surface area contributed by atoms with Crippen LogP contribution in [0.5, 0.6) is 0 Å². The van der Waals surface area contributed by atoms with Crippen LogP contribution in [0.1, 0.15) is 22.7 Å². The van der Waals surface area contributed by atoms with Gasteiger partial charge in [0, 0.05) is 6.54 Å². The van der Waals surface area contributed by atoms with E-state index in [1.807, 2.05) is 61.5 Å². The maximum atomic E-state index is 12.1. The van der Waals surface area contributed by atoms with E-state index < -0.39 is 0 Å². The molecule has 2 aromatic rings. The van der Waals surface area contributed by atoms with Crippen LogP contribution >= 0.6 is 0 Å². The standard InChI is InChI=1S/C17H20N2O/c1-13-7-5-6-10-15(13)11-17(20)19-16(12-18)14-8-3-2-4-9-14/h2-10,16H,11-12,18H2,1H3,(H,19,20). The molecule has 0 aliphatic heterocycles. The van der Waals surface area contributed by atoms with Crippen LogP contribution in [0, 0.1) is 6.92 Å². The number of amides is 1. The highest BCUT2D eigenvalue weighted by atomic mass is 16.1. The SMILES string of the molecule is Cc1ccccc1CC(=O)NC(CN)c1ccccc1. The molecule has 0 spiro atoms. The van der Waals surface area contributed by atoms with E-state index in [2.05, 4.69) is 5.32 Å². The van der Waals surface area contributed by atoms with Crippen LogP contribution in [0.25, 0.3) is 0 Å². The molecule has 3 nitrogen and oxygen atoms in total. The number of rotatable bonds is 5. The lowest BCUT2D eigenvalue weighted by Gasteiger charge is -2.17. The van der Waals surface area contributed by atoms with Crippen molar-refractivity contribution < 1.29 is 4.79 Å². The fourth-order valence-corrected chi connectivity index (χ4v) is 2.19. The van der Waals surface area contributed by atoms with E-state index in [4.69, 9.17) is 5.73 Å². The second-order valence-corrected chi connectivity index (χ2v) is 4.87. The van der Waals surface area contributed by atoms with Crippen LogP contribution in [-0.2, 0) is 11.2 Å². The van der Waals surface area contributed by atoms with E-state index in [1.54, 1.807) is 0 Å². The molecule has 20 heavy (non-hydrogen) atoms. The van der Waals surface area contributed by atoms with Gasteiger partial charge >= 0.3 is 0 Å². The van der Waals surface area contributed by atoms with Gasteiger partial charge in [0.15, 0.2) is 0 Å². The maximum absolute atomic E-state index is 12.1. The van der Waals surface area contributed by atoms with Gasteiger partial charge in [-0.3, -0.25) is 4.79 Å². The summed E-state index contributed by atoms with van der Waals surface area (Å²) in [7, 11) is 0. The molecule has 0 saturated carbocycles. The van der Waals surface area contributed by atoms with Gasteiger partial charge in [0.05, 0.1) is 12.5 Å². The smallest absolute Gasteiger partial charge is 0.224 e. The Morgan fingerprint density at radius 2 is 1.75 bits per heavy atom. The Bertz CT molecular complexity index is 566. The minimum absolute atomic E-state index is 0.00129. The molecule has 0 aliphatic rings. The van der Waals surface area contributed by atoms with Crippen LogP contribution in [0.15, 0.2) is 54.6 Å². The summed E-state index contributed by atoms with van der Waals surface area (Å²) in [5, 5.41) is 2.99. The Labute approximate surface area is 119 Å². The molecule has 0 saturated heterocycles. The van der Waals surface area contributed by atoms with Crippen molar-refractivity contribution in [2.24, 2.45) is 5.73 Å². The van der Waals surface area contributed by atoms with Gasteiger partial charge in [0.1, 0.15) is 0 Å². The topological polar surface area (TPSA) is 55.1 Å². The lowest BCUT2D eigenvalue weighted by molar-refractivity contribution is -0.121. The summed E-state index contributed by atoms with van der Waals surface area (Å²) < 4.78 is 0. The summed E-state index contributed by atoms with van der Waals surface area (Å²) in [6.45, 7) is 2.41. The molecule has 3 heteroatoms. The number of hydrogen-bond acceptors (Lipinski definition) is 2. The van der Waals surface area contributed by atoms with E-state index in [0.29, 0.717) is 13.0 Å². The molecule has 3 N–H and O–H groups in total. The van der Waals surface area contributed by atoms with E-state index in [-0.39, 0.29) is 11.9 Å². The third-order valence-corrected chi connectivity index (χ3v) is 3.39. The monoisotopic (exact) mass is 268 g/mol. The normalized spacial score (nSPS) is 11.9. The highest BCUT2D eigenvalue weighted by molar-refractivity contribution is 5.79. The van der Waals surface area contributed by atoms with Crippen LogP contribution < -0.4 is 11.1 Å². The summed E-state index contributed by atoms with van der Waals surface area (Å²) in [5.41, 5.74) is 8.98. The van der Waals surface area contributed by atoms with Crippen molar-refractivity contribution in [1.82, 2.24) is 5.32 Å². The summed E-state index contributed by atoms with van der Waals surface area (Å²) in [6, 6.07) is 17.6. The Balaban J connectivity index is 2.02. The number of hydrogen-bond donors (Lipinski definition) is 2. The van der Waals surface area contributed by atoms with Crippen molar-refractivity contribution in [3.05, 3.63) is 71.3 Å². The van der Waals surface area contributed by atoms with E-state index in [0.717, 1.165) is 16.7 Å². The first-order valence-electron chi connectivity index (χ1n) is 6.79. The van der Waals surface area contributed by atoms with Gasteiger partial charge in [-0.2, -0.15) is 0 Å². The molecule has 1 amide bonds. The number of carbonyl (C=O) groups excluding carboxylic acids is 1. The van der Waals surface area contributed by atoms with E-state index >= 15 is 0 Å². The molecule has 2 rings (SSSR count). The van der Waals surface area contributed by atoms with Crippen molar-refractivity contribution in [3.8, 4) is 0 Å². The maximum Gasteiger partial charge on any atom is 0.224 e. The first-order valence-corrected chi connectivity index (χ1v) is 6.79. The highest BCUT2D eigenvalue weighted by Crippen LogP contribution is 2.12. The minimum atomic E-state index is -0.132. The van der Waals surface area contributed by atoms with Crippen molar-refractivity contribution >= 4 is 5.91 Å². The minimum Gasteiger partial charge on any atom is -0.348 e. The molecular weight excluding hydrogens is 248 g/mol. The van der Waals surface area contributed by atoms with Gasteiger partial charge in [-0.25, -0.2) is 0 Å². The third kappa shape index (κ3) is 3.68. The molecule has 1 unspecified atom stereocenters. The van der Waals surface area contributed by atoms with Gasteiger partial charge in [-0.15, -0.1) is 0 Å². The number of nitrogens with two attached hydrogens (primary N) is 1. The molecule has 0 radical (unpaired) electrons. The molecule has 0 bridgehead atoms. The Morgan fingerprint density at radius 1 is 1.10 bits per heavy atom. The first kappa shape index (κ1) is 14.3. The largest absolute Gasteiger partial charge is 0.348 e. The van der Waals surface area contributed by atoms with E-state index in [9.17, 15) is 4.79 Å². The van der Waals surface area contributed by atoms with Crippen molar-refractivity contribution in [1.29, 1.82) is 0 Å². The van der Waals surface area contributed by atoms with Crippen LogP contribution in [-0.4, -0.2) is 12.5 Å². The Kier molecular flexibility index (Phi) is 4.91. The number of aryl methyl sites for hydroxylation is 1. The first-order chi connectivity index (χ1) is 9.70. The number of nitrogens with one attached hydrogen (secondary N) is 1. The zero-order valence-corrected chi connectivity index (χ0v) is 11.7. The second-order valence-electron chi connectivity index (χ2n) is 4.87. The molecule has 1 atom stereocenters. The molecule has 0 aliphatic carbocycles. The zero-order valence-electron chi connectivity index (χ0n) is 11.7. The van der Waals surface area contributed by atoms with E-state index in [1.165, 1.54) is 0 Å². The fraction of sp³-hybridized carbons (Fsp3) is 0.235. The van der Waals surface area contributed by atoms with Crippen LogP contribution in [0.2, 0.25) is 0 Å². The second kappa shape index (κ2) is 6.87. The summed E-state index contributed by atoms with van der Waals surface area (Å²) in [5.74, 6) is -0.00129. The molecule has 104 valence electrons. The molecule has 0 aromatic heterocycles. The zero-order chi connectivity index (χ0) is 14.4. The third-order valence-electron chi connectivity index (χ3n) is 3.39. The number of carbonyl (C=O) groups is 1. The molecule has 0 heterocycles. The fourth-order valence-electron chi connectivity index (χ4n) is 2.19. The van der Waals surface area contributed by atoms with Gasteiger partial charge in [-0.1, -0.05) is 54.6 Å². The lowest BCUT2D eigenvalue weighted by Crippen LogP contribution is -2.34. The number of benzene rings is 2. The van der Waals surface area contributed by atoms with Crippen molar-refractivity contribution in [2.75, 3.05) is 6.54 Å². The summed E-state index contributed by atoms with van der Waals surface area (Å²) in [4.78, 5) is 12.1. The quantitative estimate of drug-likeness (QED) is 0.874. The Hall–Kier alpha value is -2.13.